The molecule has 0 amide bonds. The third-order valence-electron chi connectivity index (χ3n) is 2.48. The molecule has 0 bridgehead atoms. The fourth-order valence-corrected chi connectivity index (χ4v) is 3.36. The van der Waals surface area contributed by atoms with Gasteiger partial charge in [0.15, 0.2) is 0 Å². The topological polar surface area (TPSA) is 46.5 Å². The van der Waals surface area contributed by atoms with Crippen LogP contribution in [-0.2, 0) is 14.5 Å². The highest BCUT2D eigenvalue weighted by Crippen LogP contribution is 2.20. The number of Topliss-reactive ketones (excluding diaryl/α,β-unsaturated/α-hetero) is 1. The molecular formula is C8H15NO2S. The van der Waals surface area contributed by atoms with Gasteiger partial charge in [-0.05, 0) is 19.8 Å². The van der Waals surface area contributed by atoms with Gasteiger partial charge in [0.25, 0.3) is 0 Å². The van der Waals surface area contributed by atoms with Crippen molar-refractivity contribution in [2.45, 2.75) is 19.8 Å². The van der Waals surface area contributed by atoms with E-state index in [2.05, 4.69) is 4.36 Å². The molecule has 1 saturated heterocycles. The maximum absolute atomic E-state index is 11.7. The molecule has 1 rings (SSSR count). The molecule has 0 aromatic carbocycles. The van der Waals surface area contributed by atoms with E-state index in [0.29, 0.717) is 11.5 Å². The van der Waals surface area contributed by atoms with E-state index in [9.17, 15) is 9.00 Å². The summed E-state index contributed by atoms with van der Waals surface area (Å²) in [5.41, 5.74) is 0. The number of nitrogens with zero attached hydrogens (tertiary/aromatic N) is 1. The molecule has 0 N–H and O–H groups in total. The van der Waals surface area contributed by atoms with E-state index >= 15 is 0 Å². The highest BCUT2D eigenvalue weighted by Gasteiger charge is 2.24. The van der Waals surface area contributed by atoms with Gasteiger partial charge in [-0.1, -0.05) is 0 Å². The van der Waals surface area contributed by atoms with Crippen LogP contribution >= 0.6 is 0 Å². The molecule has 0 atom stereocenters. The Balaban J connectivity index is 2.62. The summed E-state index contributed by atoms with van der Waals surface area (Å²) >= 11 is 0. The van der Waals surface area contributed by atoms with Crippen LogP contribution in [0.4, 0.5) is 0 Å². The molecule has 70 valence electrons. The lowest BCUT2D eigenvalue weighted by Crippen LogP contribution is -2.26. The molecule has 1 heterocycles. The third kappa shape index (κ3) is 2.06. The van der Waals surface area contributed by atoms with Crippen LogP contribution in [0.5, 0.6) is 0 Å². The van der Waals surface area contributed by atoms with Crippen molar-refractivity contribution in [3.05, 3.63) is 0 Å². The molecule has 0 unspecified atom stereocenters. The lowest BCUT2D eigenvalue weighted by Gasteiger charge is -2.21. The summed E-state index contributed by atoms with van der Waals surface area (Å²) in [4.78, 5) is 11.0. The Kier molecular flexibility index (Phi) is 2.88. The molecule has 0 saturated carbocycles. The van der Waals surface area contributed by atoms with Crippen molar-refractivity contribution in [3.8, 4) is 0 Å². The Hall–Kier alpha value is -0.380. The largest absolute Gasteiger partial charge is 0.300 e. The molecule has 0 spiro atoms. The molecule has 0 aromatic heterocycles. The van der Waals surface area contributed by atoms with Crippen molar-refractivity contribution in [1.82, 2.24) is 0 Å². The molecule has 4 heteroatoms. The standard InChI is InChI=1S/C8H15NO2S/c1-7(10)8-3-5-12(11,9-2)6-4-8/h8H,3-6H2,1-2H3. The SMILES string of the molecule is CN=S1(=O)CCC(C(C)=O)CC1. The van der Waals surface area contributed by atoms with Crippen LogP contribution in [0, 0.1) is 5.92 Å². The van der Waals surface area contributed by atoms with Crippen molar-refractivity contribution in [2.24, 2.45) is 10.3 Å². The Morgan fingerprint density at radius 2 is 1.92 bits per heavy atom. The Morgan fingerprint density at radius 3 is 2.25 bits per heavy atom. The molecule has 0 aromatic rings. The second-order valence-corrected chi connectivity index (χ2v) is 5.98. The van der Waals surface area contributed by atoms with Crippen LogP contribution < -0.4 is 0 Å². The predicted octanol–water partition coefficient (Wildman–Crippen LogP) is 1.08. The van der Waals surface area contributed by atoms with E-state index < -0.39 is 9.73 Å². The zero-order valence-corrected chi connectivity index (χ0v) is 8.39. The van der Waals surface area contributed by atoms with Crippen molar-refractivity contribution in [1.29, 1.82) is 0 Å². The quantitative estimate of drug-likeness (QED) is 0.619. The first-order chi connectivity index (χ1) is 5.57. The van der Waals surface area contributed by atoms with Gasteiger partial charge in [-0.25, -0.2) is 8.57 Å². The molecular weight excluding hydrogens is 174 g/mol. The first-order valence-electron chi connectivity index (χ1n) is 4.18. The molecule has 1 fully saturated rings. The second kappa shape index (κ2) is 3.56. The Labute approximate surface area is 73.7 Å². The lowest BCUT2D eigenvalue weighted by atomic mass is 9.99. The number of carbonyl (C=O) groups is 1. The molecule has 0 radical (unpaired) electrons. The van der Waals surface area contributed by atoms with Gasteiger partial charge in [0.05, 0.1) is 0 Å². The van der Waals surface area contributed by atoms with Crippen LogP contribution in [0.25, 0.3) is 0 Å². The normalized spacial score (nSPS) is 36.0. The van der Waals surface area contributed by atoms with E-state index in [-0.39, 0.29) is 11.7 Å². The van der Waals surface area contributed by atoms with Gasteiger partial charge in [-0.3, -0.25) is 4.79 Å². The number of rotatable bonds is 1. The van der Waals surface area contributed by atoms with Crippen LogP contribution in [0.3, 0.4) is 0 Å². The summed E-state index contributed by atoms with van der Waals surface area (Å²) in [5, 5.41) is 0. The van der Waals surface area contributed by atoms with E-state index in [4.69, 9.17) is 0 Å². The van der Waals surface area contributed by atoms with Gasteiger partial charge in [0.2, 0.25) is 0 Å². The van der Waals surface area contributed by atoms with E-state index in [0.717, 1.165) is 12.8 Å². The zero-order valence-electron chi connectivity index (χ0n) is 7.58. The van der Waals surface area contributed by atoms with E-state index in [1.165, 1.54) is 0 Å². The predicted molar refractivity (Wildman–Crippen MR) is 49.6 cm³/mol. The Bertz CT molecular complexity index is 275. The fraction of sp³-hybridized carbons (Fsp3) is 0.875. The maximum Gasteiger partial charge on any atom is 0.132 e. The summed E-state index contributed by atoms with van der Waals surface area (Å²) in [6.07, 6.45) is 1.51. The molecule has 3 nitrogen and oxygen atoms in total. The Morgan fingerprint density at radius 1 is 1.42 bits per heavy atom. The number of ketones is 1. The molecule has 1 aliphatic heterocycles. The minimum absolute atomic E-state index is 0.140. The number of carbonyl (C=O) groups excluding carboxylic acids is 1. The van der Waals surface area contributed by atoms with Crippen LogP contribution in [0.1, 0.15) is 19.8 Å². The minimum Gasteiger partial charge on any atom is -0.300 e. The average Bonchev–Trinajstić information content (AvgIpc) is 2.05. The minimum atomic E-state index is -1.92. The van der Waals surface area contributed by atoms with E-state index in [1.807, 2.05) is 0 Å². The van der Waals surface area contributed by atoms with Crippen LogP contribution in [-0.4, -0.2) is 28.5 Å². The zero-order chi connectivity index (χ0) is 9.19. The van der Waals surface area contributed by atoms with Crippen molar-refractivity contribution in [2.75, 3.05) is 18.6 Å². The number of hydrogen-bond donors (Lipinski definition) is 0. The summed E-state index contributed by atoms with van der Waals surface area (Å²) < 4.78 is 15.6. The molecule has 1 aliphatic rings. The van der Waals surface area contributed by atoms with Crippen molar-refractivity contribution in [3.63, 3.8) is 0 Å². The van der Waals surface area contributed by atoms with E-state index in [1.54, 1.807) is 14.0 Å². The maximum atomic E-state index is 11.7. The summed E-state index contributed by atoms with van der Waals surface area (Å²) in [7, 11) is -0.314. The highest BCUT2D eigenvalue weighted by molar-refractivity contribution is 7.93. The van der Waals surface area contributed by atoms with Gasteiger partial charge in [0, 0.05) is 34.2 Å². The molecule has 12 heavy (non-hydrogen) atoms. The first-order valence-corrected chi connectivity index (χ1v) is 6.04. The summed E-state index contributed by atoms with van der Waals surface area (Å²) in [5.74, 6) is 1.58. The first kappa shape index (κ1) is 9.71. The van der Waals surface area contributed by atoms with Crippen molar-refractivity contribution >= 4 is 15.5 Å². The smallest absolute Gasteiger partial charge is 0.132 e. The number of hydrogen-bond acceptors (Lipinski definition) is 3. The van der Waals surface area contributed by atoms with Crippen LogP contribution in [0.2, 0.25) is 0 Å². The highest BCUT2D eigenvalue weighted by atomic mass is 32.2. The second-order valence-electron chi connectivity index (χ2n) is 3.25. The van der Waals surface area contributed by atoms with Gasteiger partial charge >= 0.3 is 0 Å². The van der Waals surface area contributed by atoms with Crippen molar-refractivity contribution < 1.29 is 9.00 Å². The summed E-state index contributed by atoms with van der Waals surface area (Å²) in [6, 6.07) is 0. The molecule has 0 aliphatic carbocycles. The van der Waals surface area contributed by atoms with Gasteiger partial charge < -0.3 is 0 Å². The fourth-order valence-electron chi connectivity index (χ4n) is 1.49. The van der Waals surface area contributed by atoms with Gasteiger partial charge in [0.1, 0.15) is 5.78 Å². The van der Waals surface area contributed by atoms with Crippen LogP contribution in [0.15, 0.2) is 4.36 Å². The monoisotopic (exact) mass is 189 g/mol. The summed E-state index contributed by atoms with van der Waals surface area (Å²) in [6.45, 7) is 1.61. The lowest BCUT2D eigenvalue weighted by molar-refractivity contribution is -0.120. The van der Waals surface area contributed by atoms with Gasteiger partial charge in [-0.15, -0.1) is 0 Å². The van der Waals surface area contributed by atoms with Gasteiger partial charge in [-0.2, -0.15) is 0 Å². The third-order valence-corrected chi connectivity index (χ3v) is 4.89. The average molecular weight is 189 g/mol.